The summed E-state index contributed by atoms with van der Waals surface area (Å²) < 4.78 is 0. The Morgan fingerprint density at radius 2 is 2.00 bits per heavy atom. The summed E-state index contributed by atoms with van der Waals surface area (Å²) in [6.07, 6.45) is 0. The van der Waals surface area contributed by atoms with Gasteiger partial charge in [0.25, 0.3) is 5.84 Å². The van der Waals surface area contributed by atoms with Crippen molar-refractivity contribution >= 4 is 28.5 Å². The van der Waals surface area contributed by atoms with Gasteiger partial charge in [0, 0.05) is 11.4 Å². The van der Waals surface area contributed by atoms with Gasteiger partial charge in [-0.05, 0) is 6.07 Å². The molecule has 0 atom stereocenters. The molecule has 1 aromatic heterocycles. The highest BCUT2D eigenvalue weighted by atomic mass is 32.1. The van der Waals surface area contributed by atoms with Gasteiger partial charge in [0.1, 0.15) is 5.69 Å². The summed E-state index contributed by atoms with van der Waals surface area (Å²) >= 11 is 1.59. The number of aliphatic imine (C=N–C) groups is 1. The van der Waals surface area contributed by atoms with Crippen LogP contribution in [-0.4, -0.2) is 10.8 Å². The zero-order valence-corrected chi connectivity index (χ0v) is 10.2. The number of benzene rings is 1. The zero-order chi connectivity index (χ0) is 11.4. The lowest BCUT2D eigenvalue weighted by Crippen LogP contribution is -2.80. The fourth-order valence-electron chi connectivity index (χ4n) is 1.49. The number of thiazole rings is 1. The van der Waals surface area contributed by atoms with Gasteiger partial charge in [-0.15, -0.1) is 11.3 Å². The number of aromatic nitrogens is 1. The molecule has 2 heterocycles. The molecule has 2 N–H and O–H groups in total. The summed E-state index contributed by atoms with van der Waals surface area (Å²) in [6.45, 7) is 4.00. The molecule has 1 aliphatic rings. The van der Waals surface area contributed by atoms with Crippen LogP contribution in [0.2, 0.25) is 0 Å². The largest absolute Gasteiger partial charge is 0.261 e. The molecule has 0 aliphatic carbocycles. The molecule has 3 nitrogen and oxygen atoms in total. The highest BCUT2D eigenvalue weighted by Gasteiger charge is 2.21. The van der Waals surface area contributed by atoms with Crippen molar-refractivity contribution in [3.8, 4) is 0 Å². The lowest BCUT2D eigenvalue weighted by atomic mass is 10.3. The van der Waals surface area contributed by atoms with Crippen molar-refractivity contribution < 1.29 is 5.32 Å². The maximum Gasteiger partial charge on any atom is 0.257 e. The van der Waals surface area contributed by atoms with Crippen LogP contribution >= 0.6 is 11.3 Å². The topological polar surface area (TPSA) is 41.9 Å². The lowest BCUT2D eigenvalue weighted by molar-refractivity contribution is -0.437. The van der Waals surface area contributed by atoms with Crippen molar-refractivity contribution in [1.82, 2.24) is 4.98 Å². The molecule has 0 bridgehead atoms. The first-order valence-corrected chi connectivity index (χ1v) is 6.29. The van der Waals surface area contributed by atoms with Crippen molar-refractivity contribution in [2.45, 2.75) is 13.8 Å². The Balaban J connectivity index is 0.000000457. The SMILES string of the molecule is CC.c1ccc2c(c1)N=C(c1cscn1)[NH2+]2. The molecule has 0 saturated heterocycles. The van der Waals surface area contributed by atoms with Crippen LogP contribution in [0.25, 0.3) is 0 Å². The van der Waals surface area contributed by atoms with Crippen LogP contribution in [0, 0.1) is 0 Å². The quantitative estimate of drug-likeness (QED) is 0.754. The third kappa shape index (κ3) is 2.03. The Morgan fingerprint density at radius 3 is 2.69 bits per heavy atom. The fraction of sp³-hybridized carbons (Fsp3) is 0.167. The molecule has 1 aliphatic heterocycles. The van der Waals surface area contributed by atoms with Gasteiger partial charge < -0.3 is 0 Å². The van der Waals surface area contributed by atoms with E-state index in [-0.39, 0.29) is 0 Å². The first kappa shape index (κ1) is 11.0. The third-order valence-electron chi connectivity index (χ3n) is 2.16. The Hall–Kier alpha value is -1.52. The van der Waals surface area contributed by atoms with E-state index >= 15 is 0 Å². The minimum atomic E-state index is 0.964. The summed E-state index contributed by atoms with van der Waals surface area (Å²) in [4.78, 5) is 8.74. The number of para-hydroxylation sites is 2. The average Bonchev–Trinajstić information content (AvgIpc) is 3.00. The molecule has 0 spiro atoms. The number of nitrogens with two attached hydrogens (primary N) is 1. The first-order chi connectivity index (χ1) is 7.93. The number of nitrogens with zero attached hydrogens (tertiary/aromatic N) is 2. The van der Waals surface area contributed by atoms with E-state index in [0.29, 0.717) is 0 Å². The maximum atomic E-state index is 4.50. The summed E-state index contributed by atoms with van der Waals surface area (Å²) in [5.41, 5.74) is 5.01. The molecule has 16 heavy (non-hydrogen) atoms. The normalized spacial score (nSPS) is 12.5. The standard InChI is InChI=1S/C10H7N3S.C2H6/c1-2-4-8-7(3-1)12-10(13-8)9-5-14-6-11-9;1-2/h1-6H,(H,12,13);1-2H3/p+1. The van der Waals surface area contributed by atoms with Gasteiger partial charge in [-0.3, -0.25) is 5.32 Å². The predicted molar refractivity (Wildman–Crippen MR) is 67.7 cm³/mol. The van der Waals surface area contributed by atoms with Crippen LogP contribution in [-0.2, 0) is 0 Å². The van der Waals surface area contributed by atoms with Crippen LogP contribution in [0.5, 0.6) is 0 Å². The van der Waals surface area contributed by atoms with Crippen molar-refractivity contribution in [3.05, 3.63) is 40.8 Å². The smallest absolute Gasteiger partial charge is 0.257 e. The van der Waals surface area contributed by atoms with Crippen molar-refractivity contribution in [2.75, 3.05) is 0 Å². The minimum Gasteiger partial charge on any atom is -0.261 e. The summed E-state index contributed by atoms with van der Waals surface area (Å²) in [5.74, 6) is 0.965. The minimum absolute atomic E-state index is 0.964. The molecule has 0 radical (unpaired) electrons. The van der Waals surface area contributed by atoms with Gasteiger partial charge in [-0.1, -0.05) is 26.0 Å². The molecule has 3 rings (SSSR count). The second kappa shape index (κ2) is 5.01. The molecule has 82 valence electrons. The summed E-state index contributed by atoms with van der Waals surface area (Å²) in [5, 5.41) is 4.09. The third-order valence-corrected chi connectivity index (χ3v) is 2.75. The van der Waals surface area contributed by atoms with E-state index in [9.17, 15) is 0 Å². The number of quaternary nitrogens is 1. The number of fused-ring (bicyclic) bond motifs is 1. The molecule has 0 fully saturated rings. The van der Waals surface area contributed by atoms with E-state index in [4.69, 9.17) is 0 Å². The Bertz CT molecular complexity index is 489. The van der Waals surface area contributed by atoms with Gasteiger partial charge in [-0.2, -0.15) is 4.99 Å². The summed E-state index contributed by atoms with van der Waals surface area (Å²) in [6, 6.07) is 8.11. The highest BCUT2D eigenvalue weighted by molar-refractivity contribution is 7.07. The molecule has 4 heteroatoms. The maximum absolute atomic E-state index is 4.50. The fourth-order valence-corrected chi connectivity index (χ4v) is 2.04. The van der Waals surface area contributed by atoms with Crippen LogP contribution in [0.3, 0.4) is 0 Å². The number of amidine groups is 1. The van der Waals surface area contributed by atoms with E-state index in [0.717, 1.165) is 17.2 Å². The van der Waals surface area contributed by atoms with Gasteiger partial charge in [0.15, 0.2) is 11.4 Å². The molecule has 0 amide bonds. The van der Waals surface area contributed by atoms with E-state index in [1.165, 1.54) is 5.69 Å². The molecule has 2 aromatic rings. The van der Waals surface area contributed by atoms with Gasteiger partial charge >= 0.3 is 0 Å². The van der Waals surface area contributed by atoms with Crippen molar-refractivity contribution in [3.63, 3.8) is 0 Å². The predicted octanol–water partition coefficient (Wildman–Crippen LogP) is 2.46. The van der Waals surface area contributed by atoms with E-state index < -0.39 is 0 Å². The number of hydrogen-bond donors (Lipinski definition) is 1. The van der Waals surface area contributed by atoms with Gasteiger partial charge in [-0.25, -0.2) is 4.98 Å². The van der Waals surface area contributed by atoms with E-state index in [2.05, 4.69) is 21.4 Å². The monoisotopic (exact) mass is 232 g/mol. The first-order valence-electron chi connectivity index (χ1n) is 5.34. The molecular weight excluding hydrogens is 218 g/mol. The van der Waals surface area contributed by atoms with Crippen molar-refractivity contribution in [2.24, 2.45) is 4.99 Å². The number of rotatable bonds is 1. The van der Waals surface area contributed by atoms with Gasteiger partial charge in [0.2, 0.25) is 0 Å². The lowest BCUT2D eigenvalue weighted by Gasteiger charge is -1.91. The van der Waals surface area contributed by atoms with Crippen molar-refractivity contribution in [1.29, 1.82) is 0 Å². The van der Waals surface area contributed by atoms with Crippen LogP contribution < -0.4 is 5.32 Å². The number of hydrogen-bond acceptors (Lipinski definition) is 3. The molecular formula is C12H14N3S+. The molecule has 0 unspecified atom stereocenters. The molecule has 1 aromatic carbocycles. The van der Waals surface area contributed by atoms with Crippen LogP contribution in [0.15, 0.2) is 40.1 Å². The second-order valence-corrected chi connectivity index (χ2v) is 3.79. The average molecular weight is 232 g/mol. The highest BCUT2D eigenvalue weighted by Crippen LogP contribution is 2.23. The van der Waals surface area contributed by atoms with E-state index in [1.54, 1.807) is 11.3 Å². The Kier molecular flexibility index (Phi) is 3.44. The second-order valence-electron chi connectivity index (χ2n) is 3.07. The van der Waals surface area contributed by atoms with Crippen LogP contribution in [0.4, 0.5) is 11.4 Å². The zero-order valence-electron chi connectivity index (χ0n) is 9.34. The summed E-state index contributed by atoms with van der Waals surface area (Å²) in [7, 11) is 0. The molecule has 0 saturated carbocycles. The van der Waals surface area contributed by atoms with E-state index in [1.807, 2.05) is 42.9 Å². The Morgan fingerprint density at radius 1 is 1.19 bits per heavy atom. The van der Waals surface area contributed by atoms with Crippen LogP contribution in [0.1, 0.15) is 19.5 Å². The Labute approximate surface area is 98.9 Å². The van der Waals surface area contributed by atoms with Gasteiger partial charge in [0.05, 0.1) is 5.51 Å².